The summed E-state index contributed by atoms with van der Waals surface area (Å²) in [5.74, 6) is -0.336. The molecule has 4 rings (SSSR count). The summed E-state index contributed by atoms with van der Waals surface area (Å²) in [6.45, 7) is 0. The third kappa shape index (κ3) is 4.06. The van der Waals surface area contributed by atoms with Gasteiger partial charge in [-0.2, -0.15) is 5.10 Å². The Bertz CT molecular complexity index is 1200. The van der Waals surface area contributed by atoms with Gasteiger partial charge in [0.15, 0.2) is 0 Å². The molecule has 0 unspecified atom stereocenters. The molecule has 0 atom stereocenters. The van der Waals surface area contributed by atoms with Gasteiger partial charge in [-0.1, -0.05) is 30.3 Å². The Morgan fingerprint density at radius 1 is 0.931 bits per heavy atom. The fourth-order valence-corrected chi connectivity index (χ4v) is 3.00. The zero-order valence-electron chi connectivity index (χ0n) is 14.9. The van der Waals surface area contributed by atoms with Crippen LogP contribution in [0.3, 0.4) is 0 Å². The molecule has 29 heavy (non-hydrogen) atoms. The summed E-state index contributed by atoms with van der Waals surface area (Å²) in [7, 11) is 0. The first-order chi connectivity index (χ1) is 13.9. The summed E-state index contributed by atoms with van der Waals surface area (Å²) in [6.07, 6.45) is -1.76. The standard InChI is InChI=1S/C21H14F3N3O2/c22-21(23,24)29-17-8-4-5-14(11-17)15-12-18(20(28)25-13-15)19-9-10-26-27(19)16-6-2-1-3-7-16/h1-13H,(H,25,28). The SMILES string of the molecule is O=c1[nH]cc(-c2cccc(OC(F)(F)F)c2)cc1-c1ccnn1-c1ccccc1. The summed E-state index contributed by atoms with van der Waals surface area (Å²) >= 11 is 0. The minimum atomic E-state index is -4.78. The summed E-state index contributed by atoms with van der Waals surface area (Å²) in [4.78, 5) is 15.1. The van der Waals surface area contributed by atoms with E-state index in [1.54, 1.807) is 29.1 Å². The molecular weight excluding hydrogens is 383 g/mol. The van der Waals surface area contributed by atoms with Crippen LogP contribution in [0.2, 0.25) is 0 Å². The minimum Gasteiger partial charge on any atom is -0.406 e. The molecule has 0 saturated carbocycles. The maximum absolute atomic E-state index is 12.5. The first-order valence-electron chi connectivity index (χ1n) is 8.59. The van der Waals surface area contributed by atoms with Crippen LogP contribution in [0, 0.1) is 0 Å². The highest BCUT2D eigenvalue weighted by Crippen LogP contribution is 2.29. The number of hydrogen-bond acceptors (Lipinski definition) is 3. The molecule has 0 spiro atoms. The third-order valence-corrected chi connectivity index (χ3v) is 4.22. The summed E-state index contributed by atoms with van der Waals surface area (Å²) in [6, 6.07) is 18.2. The number of aromatic amines is 1. The van der Waals surface area contributed by atoms with Gasteiger partial charge in [-0.3, -0.25) is 4.79 Å². The second-order valence-electron chi connectivity index (χ2n) is 6.17. The van der Waals surface area contributed by atoms with Gasteiger partial charge < -0.3 is 9.72 Å². The van der Waals surface area contributed by atoms with E-state index in [1.165, 1.54) is 24.4 Å². The first-order valence-corrected chi connectivity index (χ1v) is 8.59. The van der Waals surface area contributed by atoms with Gasteiger partial charge in [0, 0.05) is 6.20 Å². The van der Waals surface area contributed by atoms with Gasteiger partial charge in [0.2, 0.25) is 0 Å². The van der Waals surface area contributed by atoms with Crippen LogP contribution in [-0.2, 0) is 0 Å². The van der Waals surface area contributed by atoms with Crippen molar-refractivity contribution in [1.29, 1.82) is 0 Å². The molecule has 0 saturated heterocycles. The summed E-state index contributed by atoms with van der Waals surface area (Å²) < 4.78 is 43.1. The van der Waals surface area contributed by atoms with Crippen LogP contribution in [0.4, 0.5) is 13.2 Å². The normalized spacial score (nSPS) is 11.4. The predicted molar refractivity (Wildman–Crippen MR) is 102 cm³/mol. The number of nitrogens with one attached hydrogen (secondary N) is 1. The largest absolute Gasteiger partial charge is 0.573 e. The molecule has 0 aliphatic carbocycles. The highest BCUT2D eigenvalue weighted by molar-refractivity contribution is 5.71. The predicted octanol–water partition coefficient (Wildman–Crippen LogP) is 4.79. The number of ether oxygens (including phenoxy) is 1. The molecule has 8 heteroatoms. The second-order valence-corrected chi connectivity index (χ2v) is 6.17. The van der Waals surface area contributed by atoms with E-state index >= 15 is 0 Å². The smallest absolute Gasteiger partial charge is 0.406 e. The van der Waals surface area contributed by atoms with Crippen molar-refractivity contribution in [2.24, 2.45) is 0 Å². The van der Waals surface area contributed by atoms with Crippen molar-refractivity contribution in [3.05, 3.63) is 89.5 Å². The van der Waals surface area contributed by atoms with Crippen molar-refractivity contribution in [2.45, 2.75) is 6.36 Å². The van der Waals surface area contributed by atoms with Crippen LogP contribution in [0.15, 0.2) is 83.9 Å². The third-order valence-electron chi connectivity index (χ3n) is 4.22. The molecule has 0 aliphatic heterocycles. The maximum atomic E-state index is 12.5. The number of aromatic nitrogens is 3. The second kappa shape index (κ2) is 7.31. The maximum Gasteiger partial charge on any atom is 0.573 e. The van der Waals surface area contributed by atoms with Gasteiger partial charge in [-0.15, -0.1) is 13.2 Å². The van der Waals surface area contributed by atoms with Gasteiger partial charge in [0.25, 0.3) is 5.56 Å². The Hall–Kier alpha value is -3.81. The van der Waals surface area contributed by atoms with Crippen LogP contribution in [0.25, 0.3) is 28.1 Å². The molecular formula is C21H14F3N3O2. The van der Waals surface area contributed by atoms with Crippen molar-refractivity contribution < 1.29 is 17.9 Å². The van der Waals surface area contributed by atoms with Crippen LogP contribution in [0.1, 0.15) is 0 Å². The quantitative estimate of drug-likeness (QED) is 0.539. The lowest BCUT2D eigenvalue weighted by Gasteiger charge is -2.11. The van der Waals surface area contributed by atoms with Gasteiger partial charge in [0.1, 0.15) is 5.75 Å². The molecule has 0 radical (unpaired) electrons. The molecule has 0 bridgehead atoms. The number of nitrogens with zero attached hydrogens (tertiary/aromatic N) is 2. The van der Waals surface area contributed by atoms with E-state index in [4.69, 9.17) is 0 Å². The molecule has 5 nitrogen and oxygen atoms in total. The van der Waals surface area contributed by atoms with Crippen molar-refractivity contribution in [3.8, 4) is 33.8 Å². The van der Waals surface area contributed by atoms with E-state index in [-0.39, 0.29) is 11.3 Å². The number of pyridine rings is 1. The molecule has 2 aromatic carbocycles. The van der Waals surface area contributed by atoms with Gasteiger partial charge in [-0.25, -0.2) is 4.68 Å². The Kier molecular flexibility index (Phi) is 4.67. The summed E-state index contributed by atoms with van der Waals surface area (Å²) in [5.41, 5.74) is 2.34. The monoisotopic (exact) mass is 397 g/mol. The molecule has 2 heterocycles. The van der Waals surface area contributed by atoms with E-state index in [1.807, 2.05) is 30.3 Å². The lowest BCUT2D eigenvalue weighted by atomic mass is 10.0. The van der Waals surface area contributed by atoms with Crippen LogP contribution >= 0.6 is 0 Å². The molecule has 1 N–H and O–H groups in total. The van der Waals surface area contributed by atoms with Crippen LogP contribution < -0.4 is 10.3 Å². The number of benzene rings is 2. The van der Waals surface area contributed by atoms with E-state index in [2.05, 4.69) is 14.8 Å². The van der Waals surface area contributed by atoms with E-state index in [9.17, 15) is 18.0 Å². The lowest BCUT2D eigenvalue weighted by molar-refractivity contribution is -0.274. The van der Waals surface area contributed by atoms with Crippen LogP contribution in [0.5, 0.6) is 5.75 Å². The zero-order chi connectivity index (χ0) is 20.4. The van der Waals surface area contributed by atoms with E-state index < -0.39 is 6.36 Å². The number of para-hydroxylation sites is 1. The Morgan fingerprint density at radius 2 is 1.72 bits per heavy atom. The number of halogens is 3. The van der Waals surface area contributed by atoms with Gasteiger partial charge in [-0.05, 0) is 47.5 Å². The highest BCUT2D eigenvalue weighted by Gasteiger charge is 2.31. The van der Waals surface area contributed by atoms with Crippen molar-refractivity contribution >= 4 is 0 Å². The number of H-pyrrole nitrogens is 1. The first kappa shape index (κ1) is 18.5. The minimum absolute atomic E-state index is 0.336. The average Bonchev–Trinajstić information content (AvgIpc) is 3.17. The molecule has 146 valence electrons. The van der Waals surface area contributed by atoms with Crippen molar-refractivity contribution in [1.82, 2.24) is 14.8 Å². The highest BCUT2D eigenvalue weighted by atomic mass is 19.4. The molecule has 4 aromatic rings. The molecule has 0 fully saturated rings. The topological polar surface area (TPSA) is 59.9 Å². The molecule has 0 aliphatic rings. The molecule has 2 aromatic heterocycles. The van der Waals surface area contributed by atoms with Crippen molar-refractivity contribution in [2.75, 3.05) is 0 Å². The van der Waals surface area contributed by atoms with Gasteiger partial charge in [0.05, 0.1) is 23.1 Å². The number of alkyl halides is 3. The fraction of sp³-hybridized carbons (Fsp3) is 0.0476. The van der Waals surface area contributed by atoms with E-state index in [0.717, 1.165) is 5.69 Å². The Morgan fingerprint density at radius 3 is 2.48 bits per heavy atom. The lowest BCUT2D eigenvalue weighted by Crippen LogP contribution is -2.17. The molecule has 0 amide bonds. The Labute approximate surface area is 163 Å². The number of rotatable bonds is 4. The number of hydrogen-bond donors (Lipinski definition) is 1. The van der Waals surface area contributed by atoms with Crippen molar-refractivity contribution in [3.63, 3.8) is 0 Å². The zero-order valence-corrected chi connectivity index (χ0v) is 14.9. The van der Waals surface area contributed by atoms with E-state index in [0.29, 0.717) is 22.4 Å². The average molecular weight is 397 g/mol. The fourth-order valence-electron chi connectivity index (χ4n) is 3.00. The summed E-state index contributed by atoms with van der Waals surface area (Å²) in [5, 5.41) is 4.28. The Balaban J connectivity index is 1.77. The van der Waals surface area contributed by atoms with Gasteiger partial charge >= 0.3 is 6.36 Å². The van der Waals surface area contributed by atoms with Crippen LogP contribution in [-0.4, -0.2) is 21.1 Å².